The Kier molecular flexibility index (Phi) is 5.89. The molecule has 24 heavy (non-hydrogen) atoms. The monoisotopic (exact) mass is 327 g/mol. The van der Waals surface area contributed by atoms with E-state index in [1.165, 1.54) is 12.1 Å². The number of rotatable bonds is 6. The Morgan fingerprint density at radius 2 is 1.92 bits per heavy atom. The molecule has 0 radical (unpaired) electrons. The molecule has 0 aliphatic rings. The number of hydrogen-bond donors (Lipinski definition) is 1. The lowest BCUT2D eigenvalue weighted by Gasteiger charge is -2.23. The second-order valence-electron chi connectivity index (χ2n) is 5.53. The van der Waals surface area contributed by atoms with Crippen LogP contribution in [0.3, 0.4) is 0 Å². The van der Waals surface area contributed by atoms with Crippen LogP contribution in [0.5, 0.6) is 0 Å². The van der Waals surface area contributed by atoms with Crippen LogP contribution >= 0.6 is 0 Å². The summed E-state index contributed by atoms with van der Waals surface area (Å²) in [6, 6.07) is 13.6. The predicted molar refractivity (Wildman–Crippen MR) is 95.5 cm³/mol. The number of nitro groups is 1. The van der Waals surface area contributed by atoms with Gasteiger partial charge >= 0.3 is 6.03 Å². The van der Waals surface area contributed by atoms with Gasteiger partial charge in [-0.2, -0.15) is 0 Å². The van der Waals surface area contributed by atoms with Crippen LogP contribution in [0, 0.1) is 17.0 Å². The van der Waals surface area contributed by atoms with Gasteiger partial charge in [0.1, 0.15) is 0 Å². The number of carbonyl (C=O) groups is 1. The average molecular weight is 327 g/mol. The summed E-state index contributed by atoms with van der Waals surface area (Å²) >= 11 is 0. The Morgan fingerprint density at radius 3 is 2.50 bits per heavy atom. The number of hydrogen-bond acceptors (Lipinski definition) is 3. The third-order valence-electron chi connectivity index (χ3n) is 3.71. The number of amides is 2. The molecule has 0 aromatic heterocycles. The van der Waals surface area contributed by atoms with Crippen LogP contribution in [0.4, 0.5) is 21.9 Å². The second kappa shape index (κ2) is 8.10. The number of carbonyl (C=O) groups excluding carboxylic acids is 1. The zero-order valence-corrected chi connectivity index (χ0v) is 13.9. The van der Waals surface area contributed by atoms with Crippen LogP contribution in [0.25, 0.3) is 0 Å². The van der Waals surface area contributed by atoms with Crippen LogP contribution in [0.1, 0.15) is 25.3 Å². The third kappa shape index (κ3) is 4.32. The zero-order chi connectivity index (χ0) is 17.5. The lowest BCUT2D eigenvalue weighted by atomic mass is 10.2. The van der Waals surface area contributed by atoms with Gasteiger partial charge in [0.2, 0.25) is 0 Å². The first-order valence-corrected chi connectivity index (χ1v) is 7.91. The van der Waals surface area contributed by atoms with Crippen molar-refractivity contribution in [2.24, 2.45) is 0 Å². The quantitative estimate of drug-likeness (QED) is 0.615. The summed E-state index contributed by atoms with van der Waals surface area (Å²) in [5.74, 6) is 0. The average Bonchev–Trinajstić information content (AvgIpc) is 2.58. The molecule has 0 spiro atoms. The number of unbranched alkanes of at least 4 members (excludes halogenated alkanes) is 1. The van der Waals surface area contributed by atoms with Crippen LogP contribution in [0.2, 0.25) is 0 Å². The zero-order valence-electron chi connectivity index (χ0n) is 13.9. The maximum absolute atomic E-state index is 12.7. The third-order valence-corrected chi connectivity index (χ3v) is 3.71. The fraction of sp³-hybridized carbons (Fsp3) is 0.278. The molecule has 0 saturated heterocycles. The number of nitrogens with one attached hydrogen (secondary N) is 1. The molecule has 1 N–H and O–H groups in total. The highest BCUT2D eigenvalue weighted by atomic mass is 16.6. The first-order valence-electron chi connectivity index (χ1n) is 7.91. The molecule has 6 nitrogen and oxygen atoms in total. The maximum atomic E-state index is 12.7. The summed E-state index contributed by atoms with van der Waals surface area (Å²) in [7, 11) is 0. The van der Waals surface area contributed by atoms with Crippen molar-refractivity contribution in [3.05, 3.63) is 64.2 Å². The molecule has 2 rings (SSSR count). The molecule has 0 fully saturated rings. The van der Waals surface area contributed by atoms with Crippen molar-refractivity contribution in [3.8, 4) is 0 Å². The topological polar surface area (TPSA) is 75.5 Å². The van der Waals surface area contributed by atoms with Gasteiger partial charge < -0.3 is 5.32 Å². The van der Waals surface area contributed by atoms with E-state index in [1.807, 2.05) is 30.3 Å². The highest BCUT2D eigenvalue weighted by Crippen LogP contribution is 2.23. The van der Waals surface area contributed by atoms with Crippen molar-refractivity contribution in [1.82, 2.24) is 0 Å². The summed E-state index contributed by atoms with van der Waals surface area (Å²) in [4.78, 5) is 24.7. The van der Waals surface area contributed by atoms with Crippen LogP contribution in [-0.4, -0.2) is 17.5 Å². The van der Waals surface area contributed by atoms with E-state index in [4.69, 9.17) is 0 Å². The highest BCUT2D eigenvalue weighted by molar-refractivity contribution is 6.02. The standard InChI is InChI=1S/C18H21N3O3/c1-3-4-12-20(15-8-6-5-7-9-15)18(22)19-17-11-10-16(21(23)24)13-14(17)2/h5-11,13H,3-4,12H2,1-2H3,(H,19,22). The Morgan fingerprint density at radius 1 is 1.21 bits per heavy atom. The fourth-order valence-electron chi connectivity index (χ4n) is 2.36. The van der Waals surface area contributed by atoms with E-state index >= 15 is 0 Å². The molecule has 2 aromatic carbocycles. The van der Waals surface area contributed by atoms with Gasteiger partial charge in [0.25, 0.3) is 5.69 Å². The van der Waals surface area contributed by atoms with Gasteiger partial charge in [-0.3, -0.25) is 15.0 Å². The second-order valence-corrected chi connectivity index (χ2v) is 5.53. The molecule has 0 bridgehead atoms. The summed E-state index contributed by atoms with van der Waals surface area (Å²) in [5.41, 5.74) is 2.06. The summed E-state index contributed by atoms with van der Waals surface area (Å²) in [5, 5.41) is 13.7. The molecule has 0 aliphatic heterocycles. The van der Waals surface area contributed by atoms with Gasteiger partial charge in [-0.1, -0.05) is 31.5 Å². The van der Waals surface area contributed by atoms with Gasteiger partial charge in [0.15, 0.2) is 0 Å². The van der Waals surface area contributed by atoms with Gasteiger partial charge in [-0.05, 0) is 37.1 Å². The van der Waals surface area contributed by atoms with Gasteiger partial charge in [-0.15, -0.1) is 0 Å². The number of nitro benzene ring substituents is 1. The van der Waals surface area contributed by atoms with Gasteiger partial charge in [0.05, 0.1) is 4.92 Å². The van der Waals surface area contributed by atoms with E-state index in [9.17, 15) is 14.9 Å². The van der Waals surface area contributed by atoms with Gasteiger partial charge in [-0.25, -0.2) is 4.79 Å². The minimum atomic E-state index is -0.448. The van der Waals surface area contributed by atoms with E-state index in [0.29, 0.717) is 17.8 Å². The number of non-ortho nitro benzene ring substituents is 1. The molecule has 2 amide bonds. The molecular formula is C18H21N3O3. The summed E-state index contributed by atoms with van der Waals surface area (Å²) in [6.07, 6.45) is 1.87. The maximum Gasteiger partial charge on any atom is 0.326 e. The Hall–Kier alpha value is -2.89. The molecule has 2 aromatic rings. The molecule has 0 saturated carbocycles. The number of anilines is 2. The van der Waals surface area contributed by atoms with Crippen molar-refractivity contribution < 1.29 is 9.72 Å². The van der Waals surface area contributed by atoms with Crippen molar-refractivity contribution in [3.63, 3.8) is 0 Å². The molecule has 0 unspecified atom stereocenters. The molecule has 6 heteroatoms. The van der Waals surface area contributed by atoms with E-state index < -0.39 is 4.92 Å². The predicted octanol–water partition coefficient (Wildman–Crippen LogP) is 4.74. The van der Waals surface area contributed by atoms with E-state index in [2.05, 4.69) is 12.2 Å². The largest absolute Gasteiger partial charge is 0.326 e. The van der Waals surface area contributed by atoms with E-state index in [0.717, 1.165) is 18.5 Å². The number of benzene rings is 2. The SMILES string of the molecule is CCCCN(C(=O)Nc1ccc([N+](=O)[O-])cc1C)c1ccccc1. The normalized spacial score (nSPS) is 10.2. The fourth-order valence-corrected chi connectivity index (χ4v) is 2.36. The molecule has 0 heterocycles. The Balaban J connectivity index is 2.20. The van der Waals surface area contributed by atoms with Crippen LogP contribution < -0.4 is 10.2 Å². The van der Waals surface area contributed by atoms with Crippen molar-refractivity contribution in [2.75, 3.05) is 16.8 Å². The lowest BCUT2D eigenvalue weighted by molar-refractivity contribution is -0.384. The number of nitrogens with zero attached hydrogens (tertiary/aromatic N) is 2. The van der Waals surface area contributed by atoms with Crippen LogP contribution in [0.15, 0.2) is 48.5 Å². The first kappa shape index (κ1) is 17.5. The molecule has 126 valence electrons. The van der Waals surface area contributed by atoms with Crippen LogP contribution in [-0.2, 0) is 0 Å². The number of aryl methyl sites for hydroxylation is 1. The summed E-state index contributed by atoms with van der Waals surface area (Å²) in [6.45, 7) is 4.42. The highest BCUT2D eigenvalue weighted by Gasteiger charge is 2.17. The number of urea groups is 1. The van der Waals surface area contributed by atoms with Crippen molar-refractivity contribution >= 4 is 23.1 Å². The smallest absolute Gasteiger partial charge is 0.307 e. The van der Waals surface area contributed by atoms with Gasteiger partial charge in [0, 0.05) is 30.1 Å². The Labute approximate surface area is 141 Å². The molecule has 0 atom stereocenters. The molecule has 0 aliphatic carbocycles. The number of para-hydroxylation sites is 1. The Bertz CT molecular complexity index is 717. The van der Waals surface area contributed by atoms with E-state index in [-0.39, 0.29) is 11.7 Å². The minimum Gasteiger partial charge on any atom is -0.307 e. The van der Waals surface area contributed by atoms with Crippen molar-refractivity contribution in [2.45, 2.75) is 26.7 Å². The first-order chi connectivity index (χ1) is 11.5. The van der Waals surface area contributed by atoms with E-state index in [1.54, 1.807) is 17.9 Å². The molecular weight excluding hydrogens is 306 g/mol. The van der Waals surface area contributed by atoms with Crippen molar-refractivity contribution in [1.29, 1.82) is 0 Å². The minimum absolute atomic E-state index is 0.0106. The lowest BCUT2D eigenvalue weighted by Crippen LogP contribution is -2.36. The summed E-state index contributed by atoms with van der Waals surface area (Å²) < 4.78 is 0.